The third-order valence-corrected chi connectivity index (χ3v) is 5.25. The number of rotatable bonds is 17. The standard InChI is InChI=1S/C26H38N4O2/c27-25(28)9-5-7-21-11-15-23(16-12-21)31-19-3-1-2-4-20-32-24-17-13-22(14-18-24)8-6-10-26(29)30/h11-18H,1-10,19-20H2,(H3,27,28)(H3,29,30). The zero-order valence-corrected chi connectivity index (χ0v) is 19.1. The lowest BCUT2D eigenvalue weighted by Crippen LogP contribution is -2.09. The average molecular weight is 439 g/mol. The van der Waals surface area contributed by atoms with Gasteiger partial charge in [-0.15, -0.1) is 0 Å². The van der Waals surface area contributed by atoms with E-state index in [1.807, 2.05) is 24.3 Å². The highest BCUT2D eigenvalue weighted by molar-refractivity contribution is 5.77. The van der Waals surface area contributed by atoms with Crippen molar-refractivity contribution < 1.29 is 9.47 Å². The van der Waals surface area contributed by atoms with Crippen molar-refractivity contribution in [2.45, 2.75) is 64.2 Å². The Labute approximate surface area is 192 Å². The summed E-state index contributed by atoms with van der Waals surface area (Å²) < 4.78 is 11.7. The number of hydrogen-bond donors (Lipinski definition) is 4. The van der Waals surface area contributed by atoms with E-state index in [-0.39, 0.29) is 11.7 Å². The van der Waals surface area contributed by atoms with Crippen molar-refractivity contribution in [3.63, 3.8) is 0 Å². The molecule has 0 aliphatic rings. The van der Waals surface area contributed by atoms with Crippen LogP contribution in [0.5, 0.6) is 11.5 Å². The molecule has 6 nitrogen and oxygen atoms in total. The Bertz CT molecular complexity index is 734. The lowest BCUT2D eigenvalue weighted by atomic mass is 10.1. The minimum Gasteiger partial charge on any atom is -0.494 e. The molecule has 0 aromatic heterocycles. The molecule has 0 saturated carbocycles. The number of aryl methyl sites for hydroxylation is 2. The normalized spacial score (nSPS) is 10.6. The molecule has 0 fully saturated rings. The van der Waals surface area contributed by atoms with E-state index >= 15 is 0 Å². The van der Waals surface area contributed by atoms with Gasteiger partial charge < -0.3 is 20.9 Å². The summed E-state index contributed by atoms with van der Waals surface area (Å²) >= 11 is 0. The molecule has 0 aliphatic heterocycles. The molecule has 174 valence electrons. The van der Waals surface area contributed by atoms with Crippen LogP contribution in [0.15, 0.2) is 48.5 Å². The fourth-order valence-electron chi connectivity index (χ4n) is 3.41. The first-order valence-electron chi connectivity index (χ1n) is 11.6. The van der Waals surface area contributed by atoms with Gasteiger partial charge in [-0.1, -0.05) is 24.3 Å². The van der Waals surface area contributed by atoms with Crippen LogP contribution in [-0.2, 0) is 12.8 Å². The fourth-order valence-corrected chi connectivity index (χ4v) is 3.41. The van der Waals surface area contributed by atoms with E-state index < -0.39 is 0 Å². The summed E-state index contributed by atoms with van der Waals surface area (Å²) in [6.07, 6.45) is 9.32. The van der Waals surface area contributed by atoms with Gasteiger partial charge in [0.2, 0.25) is 0 Å². The van der Waals surface area contributed by atoms with Gasteiger partial charge in [0.15, 0.2) is 0 Å². The van der Waals surface area contributed by atoms with Gasteiger partial charge in [0.25, 0.3) is 0 Å². The Morgan fingerprint density at radius 3 is 1.28 bits per heavy atom. The maximum atomic E-state index is 7.26. The van der Waals surface area contributed by atoms with Crippen molar-refractivity contribution in [3.05, 3.63) is 59.7 Å². The van der Waals surface area contributed by atoms with Crippen molar-refractivity contribution in [1.82, 2.24) is 0 Å². The minimum atomic E-state index is 0.254. The van der Waals surface area contributed by atoms with Crippen molar-refractivity contribution in [2.24, 2.45) is 11.5 Å². The van der Waals surface area contributed by atoms with E-state index in [1.54, 1.807) is 0 Å². The molecule has 0 heterocycles. The molecule has 0 saturated heterocycles. The topological polar surface area (TPSA) is 118 Å². The van der Waals surface area contributed by atoms with Gasteiger partial charge in [-0.05, 0) is 86.8 Å². The minimum absolute atomic E-state index is 0.254. The lowest BCUT2D eigenvalue weighted by molar-refractivity contribution is 0.287. The van der Waals surface area contributed by atoms with Crippen molar-refractivity contribution in [1.29, 1.82) is 10.8 Å². The van der Waals surface area contributed by atoms with Gasteiger partial charge in [0.05, 0.1) is 24.9 Å². The maximum Gasteiger partial charge on any atom is 0.119 e. The molecule has 0 spiro atoms. The van der Waals surface area contributed by atoms with Crippen molar-refractivity contribution >= 4 is 11.7 Å². The summed E-state index contributed by atoms with van der Waals surface area (Å²) in [5, 5.41) is 14.5. The molecule has 0 aliphatic carbocycles. The Kier molecular flexibility index (Phi) is 11.7. The summed E-state index contributed by atoms with van der Waals surface area (Å²) in [4.78, 5) is 0. The number of ether oxygens (including phenoxy) is 2. The van der Waals surface area contributed by atoms with E-state index in [0.29, 0.717) is 12.8 Å². The number of amidine groups is 2. The van der Waals surface area contributed by atoms with Crippen LogP contribution in [0.3, 0.4) is 0 Å². The van der Waals surface area contributed by atoms with E-state index in [9.17, 15) is 0 Å². The van der Waals surface area contributed by atoms with Gasteiger partial charge >= 0.3 is 0 Å². The zero-order valence-electron chi connectivity index (χ0n) is 19.1. The third kappa shape index (κ3) is 11.4. The largest absolute Gasteiger partial charge is 0.494 e. The monoisotopic (exact) mass is 438 g/mol. The highest BCUT2D eigenvalue weighted by atomic mass is 16.5. The lowest BCUT2D eigenvalue weighted by Gasteiger charge is -2.09. The molecule has 32 heavy (non-hydrogen) atoms. The molecule has 2 aromatic carbocycles. The van der Waals surface area contributed by atoms with Crippen molar-refractivity contribution in [3.8, 4) is 11.5 Å². The second-order valence-corrected chi connectivity index (χ2v) is 8.16. The van der Waals surface area contributed by atoms with Gasteiger partial charge in [0.1, 0.15) is 11.5 Å². The van der Waals surface area contributed by atoms with E-state index in [1.165, 1.54) is 11.1 Å². The molecule has 6 heteroatoms. The van der Waals surface area contributed by atoms with Crippen LogP contribution in [0.4, 0.5) is 0 Å². The second kappa shape index (κ2) is 14.9. The van der Waals surface area contributed by atoms with Gasteiger partial charge in [-0.25, -0.2) is 0 Å². The van der Waals surface area contributed by atoms with Crippen LogP contribution in [0.25, 0.3) is 0 Å². The van der Waals surface area contributed by atoms with Crippen LogP contribution in [0, 0.1) is 10.8 Å². The first-order chi connectivity index (χ1) is 15.5. The predicted molar refractivity (Wildman–Crippen MR) is 132 cm³/mol. The van der Waals surface area contributed by atoms with E-state index in [0.717, 1.165) is 76.1 Å². The molecule has 0 unspecified atom stereocenters. The first kappa shape index (κ1) is 25.2. The number of unbranched alkanes of at least 4 members (excludes halogenated alkanes) is 3. The van der Waals surface area contributed by atoms with Crippen LogP contribution in [0.2, 0.25) is 0 Å². The predicted octanol–water partition coefficient (Wildman–Crippen LogP) is 5.22. The zero-order chi connectivity index (χ0) is 23.0. The SMILES string of the molecule is N=C(N)CCCc1ccc(OCCCCCCOc2ccc(CCCC(=N)N)cc2)cc1. The highest BCUT2D eigenvalue weighted by Gasteiger charge is 2.00. The Morgan fingerprint density at radius 1 is 0.562 bits per heavy atom. The first-order valence-corrected chi connectivity index (χ1v) is 11.6. The Hall–Kier alpha value is -3.02. The number of nitrogens with two attached hydrogens (primary N) is 2. The molecular formula is C26H38N4O2. The average Bonchev–Trinajstić information content (AvgIpc) is 2.77. The fraction of sp³-hybridized carbons (Fsp3) is 0.462. The molecule has 2 aromatic rings. The molecule has 6 N–H and O–H groups in total. The third-order valence-electron chi connectivity index (χ3n) is 5.25. The molecule has 0 radical (unpaired) electrons. The summed E-state index contributed by atoms with van der Waals surface area (Å²) in [6.45, 7) is 1.46. The van der Waals surface area contributed by atoms with Crippen LogP contribution in [0.1, 0.15) is 62.5 Å². The summed E-state index contributed by atoms with van der Waals surface area (Å²) in [5.74, 6) is 2.33. The van der Waals surface area contributed by atoms with Gasteiger partial charge in [-0.3, -0.25) is 10.8 Å². The highest BCUT2D eigenvalue weighted by Crippen LogP contribution is 2.16. The molecule has 0 bridgehead atoms. The Morgan fingerprint density at radius 2 is 0.938 bits per heavy atom. The van der Waals surface area contributed by atoms with Crippen molar-refractivity contribution in [2.75, 3.05) is 13.2 Å². The number of hydrogen-bond acceptors (Lipinski definition) is 4. The summed E-state index contributed by atoms with van der Waals surface area (Å²) in [7, 11) is 0. The van der Waals surface area contributed by atoms with E-state index in [2.05, 4.69) is 24.3 Å². The molecule has 2 rings (SSSR count). The molecular weight excluding hydrogens is 400 g/mol. The summed E-state index contributed by atoms with van der Waals surface area (Å²) in [5.41, 5.74) is 13.3. The van der Waals surface area contributed by atoms with E-state index in [4.69, 9.17) is 31.8 Å². The van der Waals surface area contributed by atoms with Gasteiger partial charge in [-0.2, -0.15) is 0 Å². The quantitative estimate of drug-likeness (QED) is 0.154. The molecule has 0 atom stereocenters. The van der Waals surface area contributed by atoms with Crippen LogP contribution < -0.4 is 20.9 Å². The van der Waals surface area contributed by atoms with Crippen LogP contribution in [-0.4, -0.2) is 24.9 Å². The summed E-state index contributed by atoms with van der Waals surface area (Å²) in [6, 6.07) is 16.4. The van der Waals surface area contributed by atoms with Gasteiger partial charge in [0, 0.05) is 12.8 Å². The Balaban J connectivity index is 1.48. The smallest absolute Gasteiger partial charge is 0.119 e. The second-order valence-electron chi connectivity index (χ2n) is 8.16. The number of nitrogens with one attached hydrogen (secondary N) is 2. The maximum absolute atomic E-state index is 7.26. The number of benzene rings is 2. The van der Waals surface area contributed by atoms with Crippen LogP contribution >= 0.6 is 0 Å². The molecule has 0 amide bonds.